The maximum atomic E-state index is 13.1. The Labute approximate surface area is 178 Å². The van der Waals surface area contributed by atoms with Crippen LogP contribution in [0, 0.1) is 0 Å². The van der Waals surface area contributed by atoms with E-state index in [9.17, 15) is 22.8 Å². The summed E-state index contributed by atoms with van der Waals surface area (Å²) < 4.78 is 39.4. The molecule has 2 N–H and O–H groups in total. The van der Waals surface area contributed by atoms with E-state index in [-0.39, 0.29) is 32.7 Å². The van der Waals surface area contributed by atoms with Crippen LogP contribution < -0.4 is 10.6 Å². The zero-order chi connectivity index (χ0) is 21.9. The number of nitrogens with zero attached hydrogens (tertiary/aromatic N) is 2. The van der Waals surface area contributed by atoms with Crippen LogP contribution in [0.4, 0.5) is 23.8 Å². The van der Waals surface area contributed by atoms with Gasteiger partial charge in [0, 0.05) is 5.56 Å². The lowest BCUT2D eigenvalue weighted by Crippen LogP contribution is -2.35. The van der Waals surface area contributed by atoms with E-state index in [0.29, 0.717) is 0 Å². The Hall–Kier alpha value is -3.17. The van der Waals surface area contributed by atoms with Crippen molar-refractivity contribution in [2.24, 2.45) is 0 Å². The van der Waals surface area contributed by atoms with Gasteiger partial charge in [-0.2, -0.15) is 13.2 Å². The first-order valence-electron chi connectivity index (χ1n) is 8.22. The monoisotopic (exact) mass is 454 g/mol. The van der Waals surface area contributed by atoms with Crippen LogP contribution >= 0.6 is 23.2 Å². The fraction of sp³-hybridized carbons (Fsp3) is 0.0526. The number of rotatable bonds is 3. The molecule has 0 aliphatic carbocycles. The van der Waals surface area contributed by atoms with Gasteiger partial charge in [-0.25, -0.2) is 9.78 Å². The summed E-state index contributed by atoms with van der Waals surface area (Å²) in [5.41, 5.74) is -1.13. The number of alkyl halides is 3. The molecule has 6 nitrogen and oxygen atoms in total. The zero-order valence-electron chi connectivity index (χ0n) is 14.8. The van der Waals surface area contributed by atoms with Crippen LogP contribution in [0.2, 0.25) is 10.0 Å². The molecule has 0 atom stereocenters. The second-order valence-corrected chi connectivity index (χ2v) is 6.65. The van der Waals surface area contributed by atoms with Crippen LogP contribution in [-0.2, 0) is 6.18 Å². The molecule has 0 radical (unpaired) electrons. The minimum atomic E-state index is -4.56. The first-order chi connectivity index (χ1) is 14.2. The highest BCUT2D eigenvalue weighted by atomic mass is 35.5. The van der Waals surface area contributed by atoms with Crippen molar-refractivity contribution >= 4 is 41.0 Å². The molecule has 2 aromatic carbocycles. The largest absolute Gasteiger partial charge is 0.417 e. The van der Waals surface area contributed by atoms with Gasteiger partial charge in [0.2, 0.25) is 0 Å². The van der Waals surface area contributed by atoms with Crippen LogP contribution in [0.15, 0.2) is 54.9 Å². The second-order valence-electron chi connectivity index (χ2n) is 5.84. The minimum absolute atomic E-state index is 0.0344. The molecule has 154 valence electrons. The SMILES string of the molecule is O=C(NC(=O)c1c(Cl)cccc1Cl)Nc1cnc(-c2ccccc2C(F)(F)F)cn1. The van der Waals surface area contributed by atoms with Gasteiger partial charge in [-0.05, 0) is 18.2 Å². The lowest BCUT2D eigenvalue weighted by Gasteiger charge is -2.12. The van der Waals surface area contributed by atoms with Crippen molar-refractivity contribution in [1.29, 1.82) is 0 Å². The van der Waals surface area contributed by atoms with Gasteiger partial charge < -0.3 is 0 Å². The first-order valence-corrected chi connectivity index (χ1v) is 8.97. The summed E-state index contributed by atoms with van der Waals surface area (Å²) in [5.74, 6) is -0.925. The van der Waals surface area contributed by atoms with Crippen LogP contribution in [0.5, 0.6) is 0 Å². The van der Waals surface area contributed by atoms with Gasteiger partial charge in [-0.15, -0.1) is 0 Å². The van der Waals surface area contributed by atoms with Crippen LogP contribution in [0.1, 0.15) is 15.9 Å². The summed E-state index contributed by atoms with van der Waals surface area (Å²) in [4.78, 5) is 32.0. The quantitative estimate of drug-likeness (QED) is 0.552. The molecule has 0 bridgehead atoms. The lowest BCUT2D eigenvalue weighted by atomic mass is 10.0. The third kappa shape index (κ3) is 4.87. The standard InChI is InChI=1S/C19H11Cl2F3N4O2/c20-12-6-3-7-13(21)16(12)17(29)28-18(30)27-15-9-25-14(8-26-15)10-4-1-2-5-11(10)19(22,23)24/h1-9H,(H2,26,27,28,29,30). The van der Waals surface area contributed by atoms with Gasteiger partial charge in [-0.3, -0.25) is 20.4 Å². The Kier molecular flexibility index (Phi) is 6.23. The van der Waals surface area contributed by atoms with Gasteiger partial charge in [-0.1, -0.05) is 47.5 Å². The van der Waals surface area contributed by atoms with Crippen molar-refractivity contribution in [1.82, 2.24) is 15.3 Å². The number of carbonyl (C=O) groups is 2. The summed E-state index contributed by atoms with van der Waals surface area (Å²) in [6.07, 6.45) is -2.42. The number of hydrogen-bond acceptors (Lipinski definition) is 4. The topological polar surface area (TPSA) is 84.0 Å². The maximum absolute atomic E-state index is 13.1. The predicted octanol–water partition coefficient (Wildman–Crippen LogP) is 5.43. The zero-order valence-corrected chi connectivity index (χ0v) is 16.3. The fourth-order valence-electron chi connectivity index (χ4n) is 2.51. The number of anilines is 1. The van der Waals surface area contributed by atoms with Crippen LogP contribution in [0.25, 0.3) is 11.3 Å². The van der Waals surface area contributed by atoms with Crippen LogP contribution in [0.3, 0.4) is 0 Å². The number of carbonyl (C=O) groups excluding carboxylic acids is 2. The summed E-state index contributed by atoms with van der Waals surface area (Å²) in [6.45, 7) is 0. The van der Waals surface area contributed by atoms with E-state index in [2.05, 4.69) is 15.3 Å². The Morgan fingerprint density at radius 3 is 2.17 bits per heavy atom. The third-order valence-corrected chi connectivity index (χ3v) is 4.45. The first kappa shape index (κ1) is 21.5. The molecule has 0 spiro atoms. The molecular formula is C19H11Cl2F3N4O2. The van der Waals surface area contributed by atoms with Crippen molar-refractivity contribution in [2.45, 2.75) is 6.18 Å². The highest BCUT2D eigenvalue weighted by molar-refractivity contribution is 6.40. The number of hydrogen-bond donors (Lipinski definition) is 2. The van der Waals surface area contributed by atoms with E-state index in [1.54, 1.807) is 0 Å². The smallest absolute Gasteiger partial charge is 0.291 e. The van der Waals surface area contributed by atoms with E-state index in [4.69, 9.17) is 23.2 Å². The van der Waals surface area contributed by atoms with E-state index in [1.807, 2.05) is 5.32 Å². The maximum Gasteiger partial charge on any atom is 0.417 e. The molecular weight excluding hydrogens is 444 g/mol. The fourth-order valence-corrected chi connectivity index (χ4v) is 3.08. The molecule has 0 saturated heterocycles. The number of benzene rings is 2. The molecule has 11 heteroatoms. The van der Waals surface area contributed by atoms with Crippen molar-refractivity contribution in [3.63, 3.8) is 0 Å². The molecule has 0 aliphatic heterocycles. The summed E-state index contributed by atoms with van der Waals surface area (Å²) in [6, 6.07) is 8.36. The van der Waals surface area contributed by atoms with Gasteiger partial charge in [0.25, 0.3) is 5.91 Å². The average Bonchev–Trinajstić information content (AvgIpc) is 2.67. The molecule has 3 amide bonds. The summed E-state index contributed by atoms with van der Waals surface area (Å²) >= 11 is 11.8. The van der Waals surface area contributed by atoms with Gasteiger partial charge in [0.05, 0.1) is 39.3 Å². The molecule has 3 rings (SSSR count). The van der Waals surface area contributed by atoms with Crippen molar-refractivity contribution in [2.75, 3.05) is 5.32 Å². The van der Waals surface area contributed by atoms with E-state index >= 15 is 0 Å². The average molecular weight is 455 g/mol. The molecule has 3 aromatic rings. The Morgan fingerprint density at radius 2 is 1.57 bits per heavy atom. The normalized spacial score (nSPS) is 11.1. The number of imide groups is 1. The van der Waals surface area contributed by atoms with E-state index in [0.717, 1.165) is 18.5 Å². The molecule has 30 heavy (non-hydrogen) atoms. The molecule has 0 saturated carbocycles. The van der Waals surface area contributed by atoms with Crippen molar-refractivity contribution in [3.05, 3.63) is 76.0 Å². The Morgan fingerprint density at radius 1 is 0.900 bits per heavy atom. The highest BCUT2D eigenvalue weighted by Gasteiger charge is 2.33. The number of aromatic nitrogens is 2. The van der Waals surface area contributed by atoms with Gasteiger partial charge >= 0.3 is 12.2 Å². The number of halogens is 5. The Balaban J connectivity index is 1.72. The van der Waals surface area contributed by atoms with Gasteiger partial charge in [0.15, 0.2) is 5.82 Å². The Bertz CT molecular complexity index is 1090. The third-order valence-electron chi connectivity index (χ3n) is 3.82. The molecule has 0 fully saturated rings. The minimum Gasteiger partial charge on any atom is -0.291 e. The number of urea groups is 1. The van der Waals surface area contributed by atoms with Crippen molar-refractivity contribution in [3.8, 4) is 11.3 Å². The molecule has 0 unspecified atom stereocenters. The lowest BCUT2D eigenvalue weighted by molar-refractivity contribution is -0.137. The number of amides is 3. The molecule has 1 heterocycles. The highest BCUT2D eigenvalue weighted by Crippen LogP contribution is 2.36. The van der Waals surface area contributed by atoms with Crippen molar-refractivity contribution < 1.29 is 22.8 Å². The molecule has 0 aliphatic rings. The second kappa shape index (κ2) is 8.68. The predicted molar refractivity (Wildman–Crippen MR) is 105 cm³/mol. The van der Waals surface area contributed by atoms with Gasteiger partial charge in [0.1, 0.15) is 0 Å². The van der Waals surface area contributed by atoms with E-state index < -0.39 is 23.7 Å². The summed E-state index contributed by atoms with van der Waals surface area (Å²) in [5, 5.41) is 4.39. The molecule has 1 aromatic heterocycles. The van der Waals surface area contributed by atoms with E-state index in [1.165, 1.54) is 36.4 Å². The summed E-state index contributed by atoms with van der Waals surface area (Å²) in [7, 11) is 0. The van der Waals surface area contributed by atoms with Crippen LogP contribution in [-0.4, -0.2) is 21.9 Å². The number of nitrogens with one attached hydrogen (secondary N) is 2.